The Morgan fingerprint density at radius 1 is 0.733 bits per heavy atom. The maximum absolute atomic E-state index is 3.41. The SMILES string of the molecule is c1[nH]c2cc1CCCCCCCCCC2. The van der Waals surface area contributed by atoms with Crippen molar-refractivity contribution in [3.63, 3.8) is 0 Å². The molecule has 0 aliphatic heterocycles. The summed E-state index contributed by atoms with van der Waals surface area (Å²) in [6.07, 6.45) is 16.1. The van der Waals surface area contributed by atoms with Crippen LogP contribution in [0.2, 0.25) is 0 Å². The van der Waals surface area contributed by atoms with Crippen LogP contribution >= 0.6 is 0 Å². The monoisotopic (exact) mass is 205 g/mol. The molecule has 2 rings (SSSR count). The Labute approximate surface area is 93.3 Å². The Balaban J connectivity index is 1.88. The summed E-state index contributed by atoms with van der Waals surface area (Å²) in [6, 6.07) is 2.37. The van der Waals surface area contributed by atoms with E-state index >= 15 is 0 Å². The van der Waals surface area contributed by atoms with Crippen LogP contribution in [0.5, 0.6) is 0 Å². The van der Waals surface area contributed by atoms with Crippen molar-refractivity contribution in [2.24, 2.45) is 0 Å². The third kappa shape index (κ3) is 3.73. The van der Waals surface area contributed by atoms with Gasteiger partial charge in [-0.25, -0.2) is 0 Å². The smallest absolute Gasteiger partial charge is 0.0149 e. The molecule has 0 spiro atoms. The second-order valence-electron chi connectivity index (χ2n) is 4.86. The lowest BCUT2D eigenvalue weighted by Crippen LogP contribution is -1.86. The topological polar surface area (TPSA) is 15.8 Å². The average molecular weight is 205 g/mol. The van der Waals surface area contributed by atoms with Gasteiger partial charge in [0.05, 0.1) is 0 Å². The first-order valence-electron chi connectivity index (χ1n) is 6.61. The van der Waals surface area contributed by atoms with Crippen LogP contribution in [0.1, 0.15) is 62.6 Å². The molecule has 1 aliphatic carbocycles. The number of aryl methyl sites for hydroxylation is 2. The molecule has 1 aromatic rings. The van der Waals surface area contributed by atoms with Crippen LogP contribution in [-0.2, 0) is 12.8 Å². The Hall–Kier alpha value is -0.720. The molecule has 0 atom stereocenters. The van der Waals surface area contributed by atoms with Crippen molar-refractivity contribution in [2.75, 3.05) is 0 Å². The minimum Gasteiger partial charge on any atom is -0.365 e. The molecule has 0 aromatic carbocycles. The fourth-order valence-corrected chi connectivity index (χ4v) is 2.49. The zero-order chi connectivity index (χ0) is 10.3. The molecule has 0 saturated heterocycles. The summed E-state index contributed by atoms with van der Waals surface area (Å²) in [5.41, 5.74) is 2.97. The van der Waals surface area contributed by atoms with Crippen LogP contribution in [0.25, 0.3) is 0 Å². The molecule has 15 heavy (non-hydrogen) atoms. The Morgan fingerprint density at radius 2 is 1.33 bits per heavy atom. The molecule has 1 N–H and O–H groups in total. The summed E-state index contributed by atoms with van der Waals surface area (Å²) in [6.45, 7) is 0. The molecule has 1 heterocycles. The highest BCUT2D eigenvalue weighted by Crippen LogP contribution is 2.15. The van der Waals surface area contributed by atoms with Crippen molar-refractivity contribution in [1.29, 1.82) is 0 Å². The standard InChI is InChI=1S/C14H23N/c1-2-4-6-8-10-14-11-13(12-15-14)9-7-5-3-1/h11-12,15H,1-10H2. The highest BCUT2D eigenvalue weighted by atomic mass is 14.7. The average Bonchev–Trinajstić information content (AvgIpc) is 2.69. The molecule has 1 aliphatic rings. The van der Waals surface area contributed by atoms with Gasteiger partial charge < -0.3 is 4.98 Å². The molecule has 0 saturated carbocycles. The molecule has 0 unspecified atom stereocenters. The van der Waals surface area contributed by atoms with Crippen molar-refractivity contribution in [1.82, 2.24) is 4.98 Å². The van der Waals surface area contributed by atoms with Gasteiger partial charge in [-0.15, -0.1) is 0 Å². The van der Waals surface area contributed by atoms with E-state index in [9.17, 15) is 0 Å². The van der Waals surface area contributed by atoms with Gasteiger partial charge >= 0.3 is 0 Å². The van der Waals surface area contributed by atoms with E-state index in [0.717, 1.165) is 0 Å². The Bertz CT molecular complexity index is 248. The van der Waals surface area contributed by atoms with E-state index in [1.165, 1.54) is 75.5 Å². The largest absolute Gasteiger partial charge is 0.365 e. The third-order valence-electron chi connectivity index (χ3n) is 3.46. The van der Waals surface area contributed by atoms with E-state index in [2.05, 4.69) is 17.2 Å². The van der Waals surface area contributed by atoms with E-state index in [1.807, 2.05) is 0 Å². The first-order valence-corrected chi connectivity index (χ1v) is 6.61. The summed E-state index contributed by atoms with van der Waals surface area (Å²) in [4.78, 5) is 3.41. The number of aromatic nitrogens is 1. The number of nitrogens with one attached hydrogen (secondary N) is 1. The van der Waals surface area contributed by atoms with Gasteiger partial charge in [-0.2, -0.15) is 0 Å². The maximum Gasteiger partial charge on any atom is 0.0149 e. The van der Waals surface area contributed by atoms with E-state index in [4.69, 9.17) is 0 Å². The number of aromatic amines is 1. The minimum atomic E-state index is 1.25. The molecule has 1 heteroatoms. The van der Waals surface area contributed by atoms with Crippen molar-refractivity contribution >= 4 is 0 Å². The molecule has 0 fully saturated rings. The van der Waals surface area contributed by atoms with Crippen molar-refractivity contribution in [2.45, 2.75) is 64.2 Å². The quantitative estimate of drug-likeness (QED) is 0.652. The second kappa shape index (κ2) is 5.99. The van der Waals surface area contributed by atoms with Gasteiger partial charge in [0.1, 0.15) is 0 Å². The normalized spacial score (nSPS) is 20.0. The fraction of sp³-hybridized carbons (Fsp3) is 0.714. The number of fused-ring (bicyclic) bond motifs is 2. The van der Waals surface area contributed by atoms with Gasteiger partial charge in [0.2, 0.25) is 0 Å². The van der Waals surface area contributed by atoms with E-state index in [0.29, 0.717) is 0 Å². The summed E-state index contributed by atoms with van der Waals surface area (Å²) in [5, 5.41) is 0. The molecule has 2 bridgehead atoms. The van der Waals surface area contributed by atoms with Gasteiger partial charge in [-0.3, -0.25) is 0 Å². The first kappa shape index (κ1) is 10.8. The maximum atomic E-state index is 3.41. The van der Waals surface area contributed by atoms with E-state index in [-0.39, 0.29) is 0 Å². The zero-order valence-corrected chi connectivity index (χ0v) is 9.73. The second-order valence-corrected chi connectivity index (χ2v) is 4.86. The molecular weight excluding hydrogens is 182 g/mol. The van der Waals surface area contributed by atoms with Crippen molar-refractivity contribution in [3.8, 4) is 0 Å². The van der Waals surface area contributed by atoms with Crippen LogP contribution in [0.4, 0.5) is 0 Å². The van der Waals surface area contributed by atoms with Crippen LogP contribution in [0, 0.1) is 0 Å². The minimum absolute atomic E-state index is 1.25. The molecule has 1 nitrogen and oxygen atoms in total. The third-order valence-corrected chi connectivity index (χ3v) is 3.46. The van der Waals surface area contributed by atoms with E-state index < -0.39 is 0 Å². The van der Waals surface area contributed by atoms with Gasteiger partial charge in [-0.05, 0) is 37.3 Å². The van der Waals surface area contributed by atoms with Gasteiger partial charge in [0, 0.05) is 11.9 Å². The van der Waals surface area contributed by atoms with E-state index in [1.54, 1.807) is 0 Å². The van der Waals surface area contributed by atoms with Gasteiger partial charge in [0.25, 0.3) is 0 Å². The number of hydrogen-bond acceptors (Lipinski definition) is 0. The predicted octanol–water partition coefficient (Wildman–Crippen LogP) is 4.23. The zero-order valence-electron chi connectivity index (χ0n) is 9.73. The number of rotatable bonds is 0. The van der Waals surface area contributed by atoms with Gasteiger partial charge in [-0.1, -0.05) is 38.5 Å². The molecule has 0 amide bonds. The lowest BCUT2D eigenvalue weighted by atomic mass is 10.1. The molecule has 1 aromatic heterocycles. The van der Waals surface area contributed by atoms with Crippen LogP contribution in [0.3, 0.4) is 0 Å². The summed E-state index contributed by atoms with van der Waals surface area (Å²) in [7, 11) is 0. The molecule has 0 radical (unpaired) electrons. The Morgan fingerprint density at radius 3 is 2.07 bits per heavy atom. The van der Waals surface area contributed by atoms with Crippen LogP contribution < -0.4 is 0 Å². The van der Waals surface area contributed by atoms with Crippen molar-refractivity contribution in [3.05, 3.63) is 23.5 Å². The first-order chi connectivity index (χ1) is 7.45. The summed E-state index contributed by atoms with van der Waals surface area (Å²) in [5.74, 6) is 0. The summed E-state index contributed by atoms with van der Waals surface area (Å²) < 4.78 is 0. The predicted molar refractivity (Wildman–Crippen MR) is 65.1 cm³/mol. The number of hydrogen-bond donors (Lipinski definition) is 1. The lowest BCUT2D eigenvalue weighted by molar-refractivity contribution is 0.567. The molecule has 84 valence electrons. The highest BCUT2D eigenvalue weighted by Gasteiger charge is 2.01. The fourth-order valence-electron chi connectivity index (χ4n) is 2.49. The lowest BCUT2D eigenvalue weighted by Gasteiger charge is -2.01. The van der Waals surface area contributed by atoms with Crippen molar-refractivity contribution < 1.29 is 0 Å². The number of H-pyrrole nitrogens is 1. The van der Waals surface area contributed by atoms with Crippen LogP contribution in [-0.4, -0.2) is 4.98 Å². The Kier molecular flexibility index (Phi) is 4.31. The molecular formula is C14H23N. The highest BCUT2D eigenvalue weighted by molar-refractivity contribution is 5.16. The van der Waals surface area contributed by atoms with Crippen LogP contribution in [0.15, 0.2) is 12.3 Å². The van der Waals surface area contributed by atoms with Gasteiger partial charge in [0.15, 0.2) is 0 Å². The summed E-state index contributed by atoms with van der Waals surface area (Å²) >= 11 is 0.